The number of benzene rings is 4. The Hall–Kier alpha value is -5.51. The van der Waals surface area contributed by atoms with Crippen LogP contribution < -0.4 is 0 Å². The summed E-state index contributed by atoms with van der Waals surface area (Å²) >= 11 is 0. The molecule has 7 nitrogen and oxygen atoms in total. The van der Waals surface area contributed by atoms with Gasteiger partial charge < -0.3 is 4.57 Å². The summed E-state index contributed by atoms with van der Waals surface area (Å²) in [5, 5.41) is 1.97. The molecule has 0 unspecified atom stereocenters. The van der Waals surface area contributed by atoms with Crippen molar-refractivity contribution >= 4 is 21.8 Å². The predicted molar refractivity (Wildman–Crippen MR) is 173 cm³/mol. The van der Waals surface area contributed by atoms with E-state index in [2.05, 4.69) is 36.6 Å². The molecule has 0 atom stereocenters. The van der Waals surface area contributed by atoms with Crippen molar-refractivity contribution in [1.29, 1.82) is 0 Å². The maximum atomic E-state index is 13.4. The average molecular weight is 616 g/mol. The van der Waals surface area contributed by atoms with Crippen molar-refractivity contribution < 1.29 is 13.2 Å². The fourth-order valence-electron chi connectivity index (χ4n) is 6.09. The number of hydrogen-bond donors (Lipinski definition) is 0. The minimum Gasteiger partial charge on any atom is -0.309 e. The highest BCUT2D eigenvalue weighted by atomic mass is 19.4. The summed E-state index contributed by atoms with van der Waals surface area (Å²) in [4.78, 5) is 27.3. The Balaban J connectivity index is 1.48. The number of aromatic nitrogens is 7. The van der Waals surface area contributed by atoms with E-state index in [1.54, 1.807) is 13.0 Å². The second-order valence-corrected chi connectivity index (χ2v) is 11.4. The van der Waals surface area contributed by atoms with Crippen molar-refractivity contribution in [2.75, 3.05) is 0 Å². The van der Waals surface area contributed by atoms with Crippen molar-refractivity contribution in [3.05, 3.63) is 113 Å². The molecule has 0 aliphatic heterocycles. The number of nitrogens with zero attached hydrogens (tertiary/aromatic N) is 7. The largest absolute Gasteiger partial charge is 0.416 e. The number of aryl methyl sites for hydroxylation is 5. The van der Waals surface area contributed by atoms with E-state index in [9.17, 15) is 13.2 Å². The van der Waals surface area contributed by atoms with Crippen LogP contribution >= 0.6 is 0 Å². The molecule has 0 saturated carbocycles. The third-order valence-electron chi connectivity index (χ3n) is 7.99. The van der Waals surface area contributed by atoms with Gasteiger partial charge in [0, 0.05) is 21.9 Å². The molecule has 7 rings (SSSR count). The zero-order valence-electron chi connectivity index (χ0n) is 25.8. The van der Waals surface area contributed by atoms with E-state index in [-0.39, 0.29) is 0 Å². The molecule has 0 saturated heterocycles. The Morgan fingerprint density at radius 2 is 1.13 bits per heavy atom. The molecule has 10 heteroatoms. The highest BCUT2D eigenvalue weighted by Gasteiger charge is 2.30. The molecular weight excluding hydrogens is 587 g/mol. The van der Waals surface area contributed by atoms with Crippen LogP contribution in [0, 0.1) is 34.6 Å². The lowest BCUT2D eigenvalue weighted by Crippen LogP contribution is -2.05. The van der Waals surface area contributed by atoms with Crippen molar-refractivity contribution in [1.82, 2.24) is 34.5 Å². The molecule has 228 valence electrons. The van der Waals surface area contributed by atoms with Gasteiger partial charge in [0.1, 0.15) is 23.3 Å². The lowest BCUT2D eigenvalue weighted by atomic mass is 9.97. The monoisotopic (exact) mass is 615 g/mol. The Morgan fingerprint density at radius 1 is 0.522 bits per heavy atom. The SMILES string of the molecule is Cc1nc(C)nc(-c2ccc(-n3c4ccccc4c4cc(-c5ccc(C(F)(F)F)cc5C)ccc43)c(-c3nc(C)nc(C)n3)c2)n1. The topological polar surface area (TPSA) is 82.3 Å². The number of hydrogen-bond acceptors (Lipinski definition) is 6. The molecule has 0 fully saturated rings. The van der Waals surface area contributed by atoms with Crippen LogP contribution in [-0.2, 0) is 6.18 Å². The van der Waals surface area contributed by atoms with Gasteiger partial charge in [-0.15, -0.1) is 0 Å². The van der Waals surface area contributed by atoms with Crippen LogP contribution in [0.1, 0.15) is 34.4 Å². The van der Waals surface area contributed by atoms with Crippen molar-refractivity contribution in [3.8, 4) is 39.6 Å². The maximum Gasteiger partial charge on any atom is 0.416 e. The normalized spacial score (nSPS) is 11.9. The van der Waals surface area contributed by atoms with Gasteiger partial charge in [0.2, 0.25) is 0 Å². The van der Waals surface area contributed by atoms with E-state index < -0.39 is 11.7 Å². The highest BCUT2D eigenvalue weighted by Crippen LogP contribution is 2.40. The average Bonchev–Trinajstić information content (AvgIpc) is 3.33. The summed E-state index contributed by atoms with van der Waals surface area (Å²) in [7, 11) is 0. The Bertz CT molecular complexity index is 2280. The van der Waals surface area contributed by atoms with E-state index >= 15 is 0 Å². The first-order chi connectivity index (χ1) is 22.0. The molecule has 0 bridgehead atoms. The van der Waals surface area contributed by atoms with Gasteiger partial charge in [-0.05, 0) is 99.8 Å². The van der Waals surface area contributed by atoms with E-state index in [1.807, 2.05) is 76.2 Å². The van der Waals surface area contributed by atoms with E-state index in [1.165, 1.54) is 6.07 Å². The second-order valence-electron chi connectivity index (χ2n) is 11.4. The van der Waals surface area contributed by atoms with Crippen LogP contribution in [0.25, 0.3) is 61.4 Å². The molecule has 46 heavy (non-hydrogen) atoms. The molecule has 3 aromatic heterocycles. The number of rotatable bonds is 4. The van der Waals surface area contributed by atoms with Gasteiger partial charge in [0.15, 0.2) is 11.6 Å². The number of halogens is 3. The van der Waals surface area contributed by atoms with Crippen molar-refractivity contribution in [3.63, 3.8) is 0 Å². The van der Waals surface area contributed by atoms with Crippen molar-refractivity contribution in [2.45, 2.75) is 40.8 Å². The molecule has 0 aliphatic rings. The Kier molecular flexibility index (Phi) is 6.88. The molecule has 7 aromatic rings. The third kappa shape index (κ3) is 5.15. The zero-order valence-corrected chi connectivity index (χ0v) is 25.8. The lowest BCUT2D eigenvalue weighted by Gasteiger charge is -2.15. The Labute approximate surface area is 262 Å². The minimum atomic E-state index is -4.40. The molecule has 0 amide bonds. The zero-order chi connectivity index (χ0) is 32.3. The second kappa shape index (κ2) is 10.8. The summed E-state index contributed by atoms with van der Waals surface area (Å²) in [5.41, 5.74) is 5.78. The van der Waals surface area contributed by atoms with Gasteiger partial charge in [-0.2, -0.15) is 13.2 Å². The summed E-state index contributed by atoms with van der Waals surface area (Å²) in [6.45, 7) is 9.06. The van der Waals surface area contributed by atoms with Gasteiger partial charge in [-0.3, -0.25) is 0 Å². The molecule has 0 radical (unpaired) electrons. The summed E-state index contributed by atoms with van der Waals surface area (Å²) < 4.78 is 42.3. The van der Waals surface area contributed by atoms with Gasteiger partial charge >= 0.3 is 6.18 Å². The minimum absolute atomic E-state index is 0.521. The van der Waals surface area contributed by atoms with E-state index in [0.717, 1.165) is 55.8 Å². The smallest absolute Gasteiger partial charge is 0.309 e. The fraction of sp³-hybridized carbons (Fsp3) is 0.167. The van der Waals surface area contributed by atoms with Gasteiger partial charge in [-0.1, -0.05) is 30.3 Å². The number of fused-ring (bicyclic) bond motifs is 3. The van der Waals surface area contributed by atoms with Crippen LogP contribution in [0.3, 0.4) is 0 Å². The van der Waals surface area contributed by atoms with Crippen LogP contribution in [-0.4, -0.2) is 34.5 Å². The van der Waals surface area contributed by atoms with Crippen LogP contribution in [0.4, 0.5) is 13.2 Å². The third-order valence-corrected chi connectivity index (χ3v) is 7.99. The van der Waals surface area contributed by atoms with Gasteiger partial charge in [-0.25, -0.2) is 29.9 Å². The molecular formula is C36H28F3N7. The lowest BCUT2D eigenvalue weighted by molar-refractivity contribution is -0.137. The quantitative estimate of drug-likeness (QED) is 0.197. The molecule has 0 N–H and O–H groups in total. The molecule has 3 heterocycles. The number of para-hydroxylation sites is 1. The highest BCUT2D eigenvalue weighted by molar-refractivity contribution is 6.11. The molecule has 0 aliphatic carbocycles. The summed E-state index contributed by atoms with van der Waals surface area (Å²) in [5.74, 6) is 3.53. The first-order valence-electron chi connectivity index (χ1n) is 14.7. The molecule has 4 aromatic carbocycles. The van der Waals surface area contributed by atoms with E-state index in [4.69, 9.17) is 9.97 Å². The standard InChI is InChI=1S/C36H28F3N7/c1-19-16-26(36(37,38)39)12-13-27(19)24-10-14-32-29(17-24)28-8-6-7-9-31(28)46(32)33-15-11-25(34-42-20(2)40-21(3)43-34)18-30(33)35-44-22(4)41-23(5)45-35/h6-18H,1-5H3. The predicted octanol–water partition coefficient (Wildman–Crippen LogP) is 8.72. The first kappa shape index (κ1) is 29.2. The maximum absolute atomic E-state index is 13.4. The summed E-state index contributed by atoms with van der Waals surface area (Å²) in [6.07, 6.45) is -4.40. The first-order valence-corrected chi connectivity index (χ1v) is 14.7. The fourth-order valence-corrected chi connectivity index (χ4v) is 6.09. The summed E-state index contributed by atoms with van der Waals surface area (Å²) in [6, 6.07) is 24.0. The van der Waals surface area contributed by atoms with Crippen LogP contribution in [0.2, 0.25) is 0 Å². The number of alkyl halides is 3. The van der Waals surface area contributed by atoms with Crippen LogP contribution in [0.5, 0.6) is 0 Å². The van der Waals surface area contributed by atoms with Crippen molar-refractivity contribution in [2.24, 2.45) is 0 Å². The Morgan fingerprint density at radius 3 is 1.78 bits per heavy atom. The van der Waals surface area contributed by atoms with Gasteiger partial charge in [0.25, 0.3) is 0 Å². The molecule has 0 spiro atoms. The van der Waals surface area contributed by atoms with E-state index in [0.29, 0.717) is 40.5 Å². The van der Waals surface area contributed by atoms with Gasteiger partial charge in [0.05, 0.1) is 22.3 Å². The van der Waals surface area contributed by atoms with Crippen LogP contribution in [0.15, 0.2) is 78.9 Å².